The first kappa shape index (κ1) is 11.6. The lowest BCUT2D eigenvalue weighted by Crippen LogP contribution is -2.38. The van der Waals surface area contributed by atoms with Crippen LogP contribution in [0.15, 0.2) is 12.5 Å². The molecule has 5 nitrogen and oxygen atoms in total. The fraction of sp³-hybridized carbons (Fsp3) is 0.727. The van der Waals surface area contributed by atoms with Crippen molar-refractivity contribution in [1.82, 2.24) is 19.8 Å². The molecule has 90 valence electrons. The van der Waals surface area contributed by atoms with Gasteiger partial charge < -0.3 is 14.6 Å². The van der Waals surface area contributed by atoms with E-state index in [9.17, 15) is 0 Å². The van der Waals surface area contributed by atoms with Crippen molar-refractivity contribution in [2.45, 2.75) is 13.1 Å². The lowest BCUT2D eigenvalue weighted by molar-refractivity contribution is 0.0364. The molecule has 0 bridgehead atoms. The number of ether oxygens (including phenoxy) is 1. The maximum atomic E-state index is 5.32. The lowest BCUT2D eigenvalue weighted by atomic mass is 10.4. The molecule has 0 unspecified atom stereocenters. The van der Waals surface area contributed by atoms with Crippen molar-refractivity contribution < 1.29 is 4.74 Å². The Hall–Kier alpha value is -0.910. The van der Waals surface area contributed by atoms with E-state index < -0.39 is 0 Å². The van der Waals surface area contributed by atoms with Crippen molar-refractivity contribution in [1.29, 1.82) is 0 Å². The molecule has 5 heteroatoms. The standard InChI is InChI=1S/C11H20N4O/c1-12-8-11-9-15(10-13-11)3-2-14-4-6-16-7-5-14/h9-10,12H,2-8H2,1H3. The van der Waals surface area contributed by atoms with Crippen LogP contribution in [0.1, 0.15) is 5.69 Å². The molecule has 0 radical (unpaired) electrons. The van der Waals surface area contributed by atoms with Crippen molar-refractivity contribution in [3.05, 3.63) is 18.2 Å². The molecule has 1 aliphatic rings. The van der Waals surface area contributed by atoms with E-state index in [4.69, 9.17) is 4.74 Å². The molecule has 2 heterocycles. The van der Waals surface area contributed by atoms with Crippen molar-refractivity contribution >= 4 is 0 Å². The monoisotopic (exact) mass is 224 g/mol. The minimum Gasteiger partial charge on any atom is -0.379 e. The quantitative estimate of drug-likeness (QED) is 0.760. The maximum Gasteiger partial charge on any atom is 0.0950 e. The van der Waals surface area contributed by atoms with Crippen LogP contribution < -0.4 is 5.32 Å². The van der Waals surface area contributed by atoms with Gasteiger partial charge in [-0.15, -0.1) is 0 Å². The Labute approximate surface area is 96.4 Å². The molecule has 0 saturated carbocycles. The third-order valence-corrected chi connectivity index (χ3v) is 2.82. The molecule has 1 aromatic rings. The van der Waals surface area contributed by atoms with E-state index >= 15 is 0 Å². The average Bonchev–Trinajstić information content (AvgIpc) is 2.76. The average molecular weight is 224 g/mol. The molecular formula is C11H20N4O. The third kappa shape index (κ3) is 3.30. The number of hydrogen-bond donors (Lipinski definition) is 1. The second-order valence-corrected chi connectivity index (χ2v) is 4.09. The second kappa shape index (κ2) is 5.98. The molecular weight excluding hydrogens is 204 g/mol. The van der Waals surface area contributed by atoms with Crippen LogP contribution in [0, 0.1) is 0 Å². The summed E-state index contributed by atoms with van der Waals surface area (Å²) in [5.41, 5.74) is 1.10. The summed E-state index contributed by atoms with van der Waals surface area (Å²) in [5.74, 6) is 0. The lowest BCUT2D eigenvalue weighted by Gasteiger charge is -2.26. The van der Waals surface area contributed by atoms with Gasteiger partial charge >= 0.3 is 0 Å². The predicted molar refractivity (Wildman–Crippen MR) is 62.2 cm³/mol. The van der Waals surface area contributed by atoms with Crippen LogP contribution in [0.25, 0.3) is 0 Å². The minimum atomic E-state index is 0.838. The Morgan fingerprint density at radius 2 is 2.19 bits per heavy atom. The maximum absolute atomic E-state index is 5.32. The van der Waals surface area contributed by atoms with Gasteiger partial charge in [-0.05, 0) is 7.05 Å². The molecule has 0 spiro atoms. The number of rotatable bonds is 5. The van der Waals surface area contributed by atoms with E-state index in [0.717, 1.165) is 51.6 Å². The number of morpholine rings is 1. The molecule has 0 atom stereocenters. The summed E-state index contributed by atoms with van der Waals surface area (Å²) < 4.78 is 7.47. The van der Waals surface area contributed by atoms with E-state index in [1.165, 1.54) is 0 Å². The summed E-state index contributed by atoms with van der Waals surface area (Å²) in [5, 5.41) is 3.10. The summed E-state index contributed by atoms with van der Waals surface area (Å²) in [6, 6.07) is 0. The van der Waals surface area contributed by atoms with Crippen LogP contribution in [-0.4, -0.2) is 54.3 Å². The largest absolute Gasteiger partial charge is 0.379 e. The van der Waals surface area contributed by atoms with Crippen molar-refractivity contribution in [3.63, 3.8) is 0 Å². The summed E-state index contributed by atoms with van der Waals surface area (Å²) in [7, 11) is 1.94. The fourth-order valence-electron chi connectivity index (χ4n) is 1.88. The van der Waals surface area contributed by atoms with Gasteiger partial charge in [0.25, 0.3) is 0 Å². The minimum absolute atomic E-state index is 0.838. The van der Waals surface area contributed by atoms with Crippen LogP contribution in [0.4, 0.5) is 0 Å². The van der Waals surface area contributed by atoms with E-state index in [0.29, 0.717) is 0 Å². The molecule has 1 fully saturated rings. The highest BCUT2D eigenvalue weighted by Crippen LogP contribution is 1.99. The first-order valence-corrected chi connectivity index (χ1v) is 5.84. The Balaban J connectivity index is 1.75. The normalized spacial score (nSPS) is 17.8. The SMILES string of the molecule is CNCc1cn(CCN2CCOCC2)cn1. The Kier molecular flexibility index (Phi) is 4.33. The van der Waals surface area contributed by atoms with Gasteiger partial charge in [0.1, 0.15) is 0 Å². The van der Waals surface area contributed by atoms with Crippen molar-refractivity contribution in [2.24, 2.45) is 0 Å². The van der Waals surface area contributed by atoms with E-state index in [-0.39, 0.29) is 0 Å². The van der Waals surface area contributed by atoms with Gasteiger partial charge in [0.15, 0.2) is 0 Å². The number of hydrogen-bond acceptors (Lipinski definition) is 4. The zero-order valence-electron chi connectivity index (χ0n) is 9.85. The summed E-state index contributed by atoms with van der Waals surface area (Å²) in [6.45, 7) is 6.78. The zero-order chi connectivity index (χ0) is 11.2. The van der Waals surface area contributed by atoms with Gasteiger partial charge in [-0.1, -0.05) is 0 Å². The molecule has 1 N–H and O–H groups in total. The van der Waals surface area contributed by atoms with E-state index in [2.05, 4.69) is 26.0 Å². The highest BCUT2D eigenvalue weighted by atomic mass is 16.5. The van der Waals surface area contributed by atoms with Crippen LogP contribution in [0.3, 0.4) is 0 Å². The van der Waals surface area contributed by atoms with Crippen molar-refractivity contribution in [2.75, 3.05) is 39.9 Å². The summed E-state index contributed by atoms with van der Waals surface area (Å²) >= 11 is 0. The van der Waals surface area contributed by atoms with E-state index in [1.807, 2.05) is 13.4 Å². The number of nitrogens with one attached hydrogen (secondary N) is 1. The van der Waals surface area contributed by atoms with Gasteiger partial charge in [0, 0.05) is 38.9 Å². The smallest absolute Gasteiger partial charge is 0.0950 e. The fourth-order valence-corrected chi connectivity index (χ4v) is 1.88. The molecule has 1 saturated heterocycles. The molecule has 16 heavy (non-hydrogen) atoms. The van der Waals surface area contributed by atoms with Gasteiger partial charge in [0.2, 0.25) is 0 Å². The van der Waals surface area contributed by atoms with Crippen LogP contribution in [-0.2, 0) is 17.8 Å². The van der Waals surface area contributed by atoms with Crippen LogP contribution in [0.5, 0.6) is 0 Å². The van der Waals surface area contributed by atoms with Crippen LogP contribution in [0.2, 0.25) is 0 Å². The molecule has 2 rings (SSSR count). The Bertz CT molecular complexity index is 307. The van der Waals surface area contributed by atoms with Gasteiger partial charge in [-0.3, -0.25) is 4.90 Å². The van der Waals surface area contributed by atoms with Gasteiger partial charge in [-0.2, -0.15) is 0 Å². The highest BCUT2D eigenvalue weighted by molar-refractivity contribution is 4.95. The third-order valence-electron chi connectivity index (χ3n) is 2.82. The molecule has 1 aromatic heterocycles. The van der Waals surface area contributed by atoms with Crippen LogP contribution >= 0.6 is 0 Å². The molecule has 0 aromatic carbocycles. The van der Waals surface area contributed by atoms with Gasteiger partial charge in [0.05, 0.1) is 25.2 Å². The Morgan fingerprint density at radius 3 is 2.94 bits per heavy atom. The topological polar surface area (TPSA) is 42.3 Å². The second-order valence-electron chi connectivity index (χ2n) is 4.09. The Morgan fingerprint density at radius 1 is 1.38 bits per heavy atom. The predicted octanol–water partition coefficient (Wildman–Crippen LogP) is -0.0653. The summed E-state index contributed by atoms with van der Waals surface area (Å²) in [4.78, 5) is 6.76. The van der Waals surface area contributed by atoms with Crippen molar-refractivity contribution in [3.8, 4) is 0 Å². The zero-order valence-corrected chi connectivity index (χ0v) is 9.85. The number of nitrogens with zero attached hydrogens (tertiary/aromatic N) is 3. The molecule has 1 aliphatic heterocycles. The molecule has 0 aliphatic carbocycles. The highest BCUT2D eigenvalue weighted by Gasteiger charge is 2.09. The summed E-state index contributed by atoms with van der Waals surface area (Å²) in [6.07, 6.45) is 4.02. The van der Waals surface area contributed by atoms with Gasteiger partial charge in [-0.25, -0.2) is 4.98 Å². The van der Waals surface area contributed by atoms with E-state index in [1.54, 1.807) is 0 Å². The number of imidazole rings is 1. The first-order valence-electron chi connectivity index (χ1n) is 5.84. The number of aromatic nitrogens is 2. The first-order chi connectivity index (χ1) is 7.88. The molecule has 0 amide bonds.